The van der Waals surface area contributed by atoms with Gasteiger partial charge in [0.1, 0.15) is 20.8 Å². The van der Waals surface area contributed by atoms with Gasteiger partial charge in [-0.25, -0.2) is 0 Å². The van der Waals surface area contributed by atoms with Crippen LogP contribution in [0.3, 0.4) is 0 Å². The fraction of sp³-hybridized carbons (Fsp3) is 0.467. The predicted octanol–water partition coefficient (Wildman–Crippen LogP) is 3.29. The molecule has 0 aromatic heterocycles. The molecule has 1 aliphatic rings. The molecule has 2 nitrogen and oxygen atoms in total. The molecule has 2 atom stereocenters. The van der Waals surface area contributed by atoms with Gasteiger partial charge in [-0.2, -0.15) is 0 Å². The van der Waals surface area contributed by atoms with Crippen molar-refractivity contribution < 1.29 is 9.47 Å². The van der Waals surface area contributed by atoms with E-state index in [-0.39, 0.29) is 12.4 Å². The summed E-state index contributed by atoms with van der Waals surface area (Å²) in [6.45, 7) is 9.24. The second-order valence-electron chi connectivity index (χ2n) is 5.64. The van der Waals surface area contributed by atoms with E-state index in [1.165, 1.54) is 11.1 Å². The molecule has 0 saturated carbocycles. The van der Waals surface area contributed by atoms with Crippen LogP contribution in [0.1, 0.15) is 17.2 Å². The van der Waals surface area contributed by atoms with Gasteiger partial charge in [-0.05, 0) is 18.1 Å². The van der Waals surface area contributed by atoms with E-state index in [2.05, 4.69) is 50.2 Å². The van der Waals surface area contributed by atoms with Gasteiger partial charge in [-0.3, -0.25) is 0 Å². The number of epoxide rings is 1. The van der Waals surface area contributed by atoms with E-state index in [0.29, 0.717) is 6.61 Å². The monoisotopic (exact) mass is 260 g/mol. The van der Waals surface area contributed by atoms with Gasteiger partial charge in [-0.1, -0.05) is 49.8 Å². The fourth-order valence-corrected chi connectivity index (χ4v) is 2.38. The standard InChI is InChI=1S/C15H20O2Si/c1-12-8-5-6-9-13(12)14-15(17-14)16-10-7-11-18(2,3)4/h5-6,8-9,14-15H,10H2,1-4H3. The second-order valence-corrected chi connectivity index (χ2v) is 10.4. The summed E-state index contributed by atoms with van der Waals surface area (Å²) >= 11 is 0. The van der Waals surface area contributed by atoms with Crippen molar-refractivity contribution in [2.45, 2.75) is 39.0 Å². The summed E-state index contributed by atoms with van der Waals surface area (Å²) in [5, 5.41) is 0. The zero-order chi connectivity index (χ0) is 13.2. The third kappa shape index (κ3) is 3.71. The highest BCUT2D eigenvalue weighted by Gasteiger charge is 2.41. The Morgan fingerprint density at radius 1 is 1.28 bits per heavy atom. The van der Waals surface area contributed by atoms with Crippen LogP contribution >= 0.6 is 0 Å². The van der Waals surface area contributed by atoms with Crippen LogP contribution in [-0.4, -0.2) is 21.0 Å². The highest BCUT2D eigenvalue weighted by molar-refractivity contribution is 6.83. The van der Waals surface area contributed by atoms with Crippen LogP contribution in [-0.2, 0) is 9.47 Å². The van der Waals surface area contributed by atoms with Crippen LogP contribution in [0.25, 0.3) is 0 Å². The van der Waals surface area contributed by atoms with Crippen molar-refractivity contribution in [3.05, 3.63) is 35.4 Å². The maximum atomic E-state index is 5.60. The molecule has 1 fully saturated rings. The minimum Gasteiger partial charge on any atom is -0.337 e. The SMILES string of the molecule is Cc1ccccc1C1OC1OCC#C[Si](C)(C)C. The number of benzene rings is 1. The first-order valence-electron chi connectivity index (χ1n) is 6.30. The molecule has 3 heteroatoms. The normalized spacial score (nSPS) is 22.2. The summed E-state index contributed by atoms with van der Waals surface area (Å²) in [5.41, 5.74) is 5.75. The van der Waals surface area contributed by atoms with Crippen molar-refractivity contribution in [3.8, 4) is 11.5 Å². The van der Waals surface area contributed by atoms with Crippen molar-refractivity contribution in [2.24, 2.45) is 0 Å². The molecule has 1 saturated heterocycles. The molecule has 2 rings (SSSR count). The molecule has 0 bridgehead atoms. The Hall–Kier alpha value is -1.08. The van der Waals surface area contributed by atoms with E-state index in [9.17, 15) is 0 Å². The van der Waals surface area contributed by atoms with Gasteiger partial charge in [0.2, 0.25) is 0 Å². The Kier molecular flexibility index (Phi) is 3.91. The molecule has 0 amide bonds. The second kappa shape index (κ2) is 5.27. The van der Waals surface area contributed by atoms with E-state index >= 15 is 0 Å². The quantitative estimate of drug-likeness (QED) is 0.472. The maximum Gasteiger partial charge on any atom is 0.190 e. The number of hydrogen-bond donors (Lipinski definition) is 0. The highest BCUT2D eigenvalue weighted by atomic mass is 28.3. The minimum absolute atomic E-state index is 0.0971. The van der Waals surface area contributed by atoms with Gasteiger partial charge >= 0.3 is 0 Å². The van der Waals surface area contributed by atoms with E-state index in [0.717, 1.165) is 0 Å². The molecule has 18 heavy (non-hydrogen) atoms. The van der Waals surface area contributed by atoms with Gasteiger partial charge in [0, 0.05) is 0 Å². The topological polar surface area (TPSA) is 21.8 Å². The molecule has 1 aromatic carbocycles. The van der Waals surface area contributed by atoms with Crippen LogP contribution in [0.4, 0.5) is 0 Å². The lowest BCUT2D eigenvalue weighted by Crippen LogP contribution is -2.16. The van der Waals surface area contributed by atoms with Crippen molar-refractivity contribution in [1.29, 1.82) is 0 Å². The number of aryl methyl sites for hydroxylation is 1. The average molecular weight is 260 g/mol. The van der Waals surface area contributed by atoms with Crippen LogP contribution in [0, 0.1) is 18.4 Å². The third-order valence-electron chi connectivity index (χ3n) is 2.73. The molecular weight excluding hydrogens is 240 g/mol. The molecule has 96 valence electrons. The zero-order valence-corrected chi connectivity index (χ0v) is 12.5. The molecule has 2 unspecified atom stereocenters. The summed E-state index contributed by atoms with van der Waals surface area (Å²) in [6.07, 6.45) is -0.0121. The third-order valence-corrected chi connectivity index (χ3v) is 3.66. The molecule has 0 N–H and O–H groups in total. The molecule has 0 aliphatic carbocycles. The van der Waals surface area contributed by atoms with E-state index < -0.39 is 8.07 Å². The lowest BCUT2D eigenvalue weighted by molar-refractivity contribution is 0.0729. The summed E-state index contributed by atoms with van der Waals surface area (Å²) in [5.74, 6) is 3.09. The molecule has 1 heterocycles. The van der Waals surface area contributed by atoms with Crippen LogP contribution in [0.2, 0.25) is 19.6 Å². The van der Waals surface area contributed by atoms with E-state index in [4.69, 9.17) is 9.47 Å². The van der Waals surface area contributed by atoms with Crippen molar-refractivity contribution >= 4 is 8.07 Å². The maximum absolute atomic E-state index is 5.60. The predicted molar refractivity (Wildman–Crippen MR) is 75.9 cm³/mol. The number of ether oxygens (including phenoxy) is 2. The molecule has 1 aliphatic heterocycles. The van der Waals surface area contributed by atoms with Gasteiger partial charge in [0.25, 0.3) is 0 Å². The zero-order valence-electron chi connectivity index (χ0n) is 11.5. The van der Waals surface area contributed by atoms with Crippen molar-refractivity contribution in [1.82, 2.24) is 0 Å². The lowest BCUT2D eigenvalue weighted by atomic mass is 10.1. The van der Waals surface area contributed by atoms with Gasteiger partial charge in [0.15, 0.2) is 6.29 Å². The van der Waals surface area contributed by atoms with Gasteiger partial charge in [-0.15, -0.1) is 5.54 Å². The fourth-order valence-electron chi connectivity index (χ4n) is 1.78. The Balaban J connectivity index is 1.82. The number of rotatable bonds is 3. The largest absolute Gasteiger partial charge is 0.337 e. The van der Waals surface area contributed by atoms with Crippen LogP contribution in [0.5, 0.6) is 0 Å². The Morgan fingerprint density at radius 2 is 2.00 bits per heavy atom. The summed E-state index contributed by atoms with van der Waals surface area (Å²) in [7, 11) is -1.28. The average Bonchev–Trinajstić information content (AvgIpc) is 3.03. The Bertz CT molecular complexity index is 479. The minimum atomic E-state index is -1.28. The molecular formula is C15H20O2Si. The van der Waals surface area contributed by atoms with Crippen LogP contribution < -0.4 is 0 Å². The summed E-state index contributed by atoms with van der Waals surface area (Å²) in [6, 6.07) is 8.26. The van der Waals surface area contributed by atoms with E-state index in [1.807, 2.05) is 12.1 Å². The van der Waals surface area contributed by atoms with Crippen molar-refractivity contribution in [2.75, 3.05) is 6.61 Å². The molecule has 1 aromatic rings. The van der Waals surface area contributed by atoms with Gasteiger partial charge in [0.05, 0.1) is 0 Å². The lowest BCUT2D eigenvalue weighted by Gasteiger charge is -2.03. The molecule has 0 spiro atoms. The Morgan fingerprint density at radius 3 is 2.67 bits per heavy atom. The number of hydrogen-bond acceptors (Lipinski definition) is 2. The van der Waals surface area contributed by atoms with Crippen LogP contribution in [0.15, 0.2) is 24.3 Å². The first-order valence-corrected chi connectivity index (χ1v) is 9.80. The van der Waals surface area contributed by atoms with Crippen molar-refractivity contribution in [3.63, 3.8) is 0 Å². The highest BCUT2D eigenvalue weighted by Crippen LogP contribution is 2.40. The smallest absolute Gasteiger partial charge is 0.190 e. The van der Waals surface area contributed by atoms with E-state index in [1.54, 1.807) is 0 Å². The summed E-state index contributed by atoms with van der Waals surface area (Å²) < 4.78 is 11.1. The first-order chi connectivity index (χ1) is 8.47. The summed E-state index contributed by atoms with van der Waals surface area (Å²) in [4.78, 5) is 0. The molecule has 0 radical (unpaired) electrons. The van der Waals surface area contributed by atoms with Gasteiger partial charge < -0.3 is 9.47 Å². The Labute approximate surface area is 110 Å². The first kappa shape index (κ1) is 13.4.